The van der Waals surface area contributed by atoms with Crippen LogP contribution in [0.4, 0.5) is 10.2 Å². The third-order valence-corrected chi connectivity index (χ3v) is 3.08. The summed E-state index contributed by atoms with van der Waals surface area (Å²) in [6.45, 7) is 4.58. The van der Waals surface area contributed by atoms with Gasteiger partial charge >= 0.3 is 0 Å². The normalized spacial score (nSPS) is 10.4. The van der Waals surface area contributed by atoms with Gasteiger partial charge in [-0.25, -0.2) is 9.97 Å². The van der Waals surface area contributed by atoms with Gasteiger partial charge in [0.2, 0.25) is 5.95 Å². The molecule has 1 N–H and O–H groups in total. The largest absolute Gasteiger partial charge is 0.364 e. The molecule has 2 rings (SSSR count). The van der Waals surface area contributed by atoms with E-state index in [2.05, 4.69) is 15.3 Å². The molecule has 2 aromatic rings. The lowest BCUT2D eigenvalue weighted by Gasteiger charge is -2.03. The van der Waals surface area contributed by atoms with Crippen LogP contribution in [0, 0.1) is 19.8 Å². The summed E-state index contributed by atoms with van der Waals surface area (Å²) < 4.78 is 12.8. The van der Waals surface area contributed by atoms with E-state index in [9.17, 15) is 4.39 Å². The summed E-state index contributed by atoms with van der Waals surface area (Å²) in [5, 5.41) is 4.09. The van der Waals surface area contributed by atoms with Gasteiger partial charge in [0, 0.05) is 4.88 Å². The van der Waals surface area contributed by atoms with E-state index in [1.165, 1.54) is 10.9 Å². The maximum Gasteiger partial charge on any atom is 0.214 e. The standard InChI is InChI=1S/C11H12FN3S/c1-7-9(14-8(2)16-7)6-13-11-5-3-4-10(12)15-11/h3-5H,6H2,1-2H3,(H,13,15). The van der Waals surface area contributed by atoms with E-state index in [4.69, 9.17) is 0 Å². The Morgan fingerprint density at radius 3 is 2.75 bits per heavy atom. The second-order valence-corrected chi connectivity index (χ2v) is 4.84. The van der Waals surface area contributed by atoms with Crippen LogP contribution in [0.2, 0.25) is 0 Å². The Labute approximate surface area is 97.4 Å². The van der Waals surface area contributed by atoms with Crippen molar-refractivity contribution >= 4 is 17.2 Å². The predicted molar refractivity (Wildman–Crippen MR) is 63.1 cm³/mol. The molecule has 0 fully saturated rings. The third kappa shape index (κ3) is 2.55. The highest BCUT2D eigenvalue weighted by atomic mass is 32.1. The second-order valence-electron chi connectivity index (χ2n) is 3.43. The van der Waals surface area contributed by atoms with Crippen molar-refractivity contribution in [1.82, 2.24) is 9.97 Å². The fourth-order valence-electron chi connectivity index (χ4n) is 1.42. The van der Waals surface area contributed by atoms with Crippen molar-refractivity contribution < 1.29 is 4.39 Å². The van der Waals surface area contributed by atoms with Gasteiger partial charge in [-0.15, -0.1) is 11.3 Å². The smallest absolute Gasteiger partial charge is 0.214 e. The lowest BCUT2D eigenvalue weighted by atomic mass is 10.3. The topological polar surface area (TPSA) is 37.8 Å². The Morgan fingerprint density at radius 2 is 2.12 bits per heavy atom. The zero-order valence-corrected chi connectivity index (χ0v) is 9.94. The predicted octanol–water partition coefficient (Wildman–Crippen LogP) is 2.91. The molecule has 5 heteroatoms. The number of aromatic nitrogens is 2. The van der Waals surface area contributed by atoms with Crippen molar-refractivity contribution in [3.63, 3.8) is 0 Å². The van der Waals surface area contributed by atoms with Crippen LogP contribution in [-0.4, -0.2) is 9.97 Å². The van der Waals surface area contributed by atoms with Gasteiger partial charge in [-0.3, -0.25) is 0 Å². The van der Waals surface area contributed by atoms with Crippen molar-refractivity contribution in [2.24, 2.45) is 0 Å². The minimum atomic E-state index is -0.476. The molecular formula is C11H12FN3S. The quantitative estimate of drug-likeness (QED) is 0.834. The summed E-state index contributed by atoms with van der Waals surface area (Å²) in [4.78, 5) is 9.29. The summed E-state index contributed by atoms with van der Waals surface area (Å²) in [7, 11) is 0. The molecule has 3 nitrogen and oxygen atoms in total. The molecule has 0 aliphatic rings. The summed E-state index contributed by atoms with van der Waals surface area (Å²) >= 11 is 1.66. The monoisotopic (exact) mass is 237 g/mol. The number of anilines is 1. The van der Waals surface area contributed by atoms with E-state index in [1.807, 2.05) is 13.8 Å². The van der Waals surface area contributed by atoms with Crippen molar-refractivity contribution in [1.29, 1.82) is 0 Å². The number of nitrogens with one attached hydrogen (secondary N) is 1. The molecule has 16 heavy (non-hydrogen) atoms. The van der Waals surface area contributed by atoms with Gasteiger partial charge in [-0.1, -0.05) is 6.07 Å². The highest BCUT2D eigenvalue weighted by Crippen LogP contribution is 2.17. The molecule has 0 bridgehead atoms. The Morgan fingerprint density at radius 1 is 1.31 bits per heavy atom. The van der Waals surface area contributed by atoms with Crippen molar-refractivity contribution in [2.45, 2.75) is 20.4 Å². The van der Waals surface area contributed by atoms with E-state index < -0.39 is 5.95 Å². The lowest BCUT2D eigenvalue weighted by Crippen LogP contribution is -2.03. The summed E-state index contributed by atoms with van der Waals surface area (Å²) in [5.74, 6) is 0.0567. The Bertz CT molecular complexity index is 496. The third-order valence-electron chi connectivity index (χ3n) is 2.15. The van der Waals surface area contributed by atoms with E-state index in [0.29, 0.717) is 12.4 Å². The summed E-state index contributed by atoms with van der Waals surface area (Å²) in [5.41, 5.74) is 0.994. The minimum Gasteiger partial charge on any atom is -0.364 e. The molecule has 2 aromatic heterocycles. The first-order valence-electron chi connectivity index (χ1n) is 4.94. The molecule has 2 heterocycles. The fraction of sp³-hybridized carbons (Fsp3) is 0.273. The highest BCUT2D eigenvalue weighted by Gasteiger charge is 2.04. The fourth-order valence-corrected chi connectivity index (χ4v) is 2.25. The molecule has 0 spiro atoms. The first-order chi connectivity index (χ1) is 7.65. The molecule has 0 amide bonds. The van der Waals surface area contributed by atoms with E-state index in [-0.39, 0.29) is 0 Å². The maximum atomic E-state index is 12.8. The van der Waals surface area contributed by atoms with Gasteiger partial charge in [0.15, 0.2) is 0 Å². The minimum absolute atomic E-state index is 0.476. The second kappa shape index (κ2) is 4.57. The molecular weight excluding hydrogens is 225 g/mol. The molecule has 0 aliphatic carbocycles. The average Bonchev–Trinajstić information content (AvgIpc) is 2.54. The van der Waals surface area contributed by atoms with Gasteiger partial charge < -0.3 is 5.32 Å². The molecule has 0 saturated carbocycles. The van der Waals surface area contributed by atoms with Gasteiger partial charge in [0.25, 0.3) is 0 Å². The number of aryl methyl sites for hydroxylation is 2. The van der Waals surface area contributed by atoms with Crippen LogP contribution in [0.1, 0.15) is 15.6 Å². The van der Waals surface area contributed by atoms with E-state index in [1.54, 1.807) is 23.5 Å². The van der Waals surface area contributed by atoms with E-state index >= 15 is 0 Å². The molecule has 0 saturated heterocycles. The zero-order valence-electron chi connectivity index (χ0n) is 9.12. The van der Waals surface area contributed by atoms with Crippen LogP contribution < -0.4 is 5.32 Å². The van der Waals surface area contributed by atoms with Crippen LogP contribution in [-0.2, 0) is 6.54 Å². The number of pyridine rings is 1. The molecule has 0 unspecified atom stereocenters. The highest BCUT2D eigenvalue weighted by molar-refractivity contribution is 7.11. The number of rotatable bonds is 3. The number of nitrogens with zero attached hydrogens (tertiary/aromatic N) is 2. The molecule has 0 aliphatic heterocycles. The Kier molecular flexibility index (Phi) is 3.14. The molecule has 0 aromatic carbocycles. The molecule has 84 valence electrons. The van der Waals surface area contributed by atoms with Crippen molar-refractivity contribution in [2.75, 3.05) is 5.32 Å². The lowest BCUT2D eigenvalue weighted by molar-refractivity contribution is 0.585. The summed E-state index contributed by atoms with van der Waals surface area (Å²) in [6, 6.07) is 4.69. The Hall–Kier alpha value is -1.49. The number of hydrogen-bond acceptors (Lipinski definition) is 4. The SMILES string of the molecule is Cc1nc(CNc2cccc(F)n2)c(C)s1. The number of thiazole rings is 1. The van der Waals surface area contributed by atoms with Gasteiger partial charge in [0.05, 0.1) is 17.2 Å². The van der Waals surface area contributed by atoms with Crippen LogP contribution in [0.5, 0.6) is 0 Å². The van der Waals surface area contributed by atoms with Gasteiger partial charge in [-0.2, -0.15) is 4.39 Å². The van der Waals surface area contributed by atoms with Gasteiger partial charge in [0.1, 0.15) is 5.82 Å². The van der Waals surface area contributed by atoms with Crippen LogP contribution in [0.3, 0.4) is 0 Å². The van der Waals surface area contributed by atoms with Gasteiger partial charge in [-0.05, 0) is 26.0 Å². The first kappa shape index (κ1) is 11.0. The Balaban J connectivity index is 2.05. The number of halogens is 1. The van der Waals surface area contributed by atoms with E-state index in [0.717, 1.165) is 10.7 Å². The van der Waals surface area contributed by atoms with Crippen molar-refractivity contribution in [3.05, 3.63) is 39.7 Å². The molecule has 0 atom stereocenters. The molecule has 0 radical (unpaired) electrons. The maximum absolute atomic E-state index is 12.8. The summed E-state index contributed by atoms with van der Waals surface area (Å²) in [6.07, 6.45) is 0. The van der Waals surface area contributed by atoms with Crippen LogP contribution >= 0.6 is 11.3 Å². The average molecular weight is 237 g/mol. The zero-order chi connectivity index (χ0) is 11.5. The van der Waals surface area contributed by atoms with Crippen LogP contribution in [0.15, 0.2) is 18.2 Å². The van der Waals surface area contributed by atoms with Crippen LogP contribution in [0.25, 0.3) is 0 Å². The number of hydrogen-bond donors (Lipinski definition) is 1. The van der Waals surface area contributed by atoms with Crippen molar-refractivity contribution in [3.8, 4) is 0 Å². The first-order valence-corrected chi connectivity index (χ1v) is 5.76.